The number of benzene rings is 4. The van der Waals surface area contributed by atoms with Gasteiger partial charge >= 0.3 is 43.7 Å². The van der Waals surface area contributed by atoms with Crippen LogP contribution in [0.1, 0.15) is 45.6 Å². The van der Waals surface area contributed by atoms with Crippen LogP contribution in [0.25, 0.3) is 33.7 Å². The molecule has 2 N–H and O–H groups in total. The second-order valence-electron chi connectivity index (χ2n) is 14.0. The van der Waals surface area contributed by atoms with Gasteiger partial charge in [-0.1, -0.05) is 47.1 Å². The van der Waals surface area contributed by atoms with E-state index in [9.17, 15) is 33.2 Å². The molecule has 9 rings (SSSR count). The number of aliphatic hydroxyl groups is 2. The average molecular weight is 1180 g/mol. The summed E-state index contributed by atoms with van der Waals surface area (Å²) < 4.78 is 82.5. The molecule has 0 aliphatic carbocycles. The largest absolute Gasteiger partial charge is 2.00 e. The van der Waals surface area contributed by atoms with E-state index in [1.54, 1.807) is 65.5 Å². The first kappa shape index (κ1) is 43.1. The van der Waals surface area contributed by atoms with Crippen LogP contribution in [0.3, 0.4) is 0 Å². The van der Waals surface area contributed by atoms with Gasteiger partial charge in [0.1, 0.15) is 11.8 Å². The molecule has 0 fully saturated rings. The number of aliphatic hydroxyl groups excluding tert-OH is 2. The molecule has 2 unspecified atom stereocenters. The number of pyridine rings is 2. The summed E-state index contributed by atoms with van der Waals surface area (Å²) in [7, 11) is 0. The molecular weight excluding hydrogens is 1150 g/mol. The summed E-state index contributed by atoms with van der Waals surface area (Å²) >= 11 is 2.16. The average Bonchev–Trinajstić information content (AvgIpc) is 3.93. The fourth-order valence-electron chi connectivity index (χ4n) is 7.00. The summed E-state index contributed by atoms with van der Waals surface area (Å²) in [4.78, 5) is 4.08. The molecule has 2 atom stereocenters. The van der Waals surface area contributed by atoms with Gasteiger partial charge in [-0.05, 0) is 84.1 Å². The van der Waals surface area contributed by atoms with Crippen molar-refractivity contribution in [2.24, 2.45) is 0 Å². The van der Waals surface area contributed by atoms with Crippen LogP contribution in [0, 0.1) is 47.7 Å². The molecule has 0 saturated carbocycles. The molecule has 0 spiro atoms. The Balaban J connectivity index is 0.00000529. The summed E-state index contributed by atoms with van der Waals surface area (Å²) in [5, 5.41) is 39.7. The zero-order valence-electron chi connectivity index (χ0n) is 31.9. The van der Waals surface area contributed by atoms with E-state index in [1.165, 1.54) is 48.8 Å². The van der Waals surface area contributed by atoms with E-state index in [-0.39, 0.29) is 82.3 Å². The van der Waals surface area contributed by atoms with Crippen molar-refractivity contribution in [2.75, 3.05) is 0 Å². The van der Waals surface area contributed by atoms with Crippen molar-refractivity contribution < 1.29 is 86.9 Å². The van der Waals surface area contributed by atoms with Crippen LogP contribution in [-0.2, 0) is 0 Å². The van der Waals surface area contributed by atoms with E-state index >= 15 is 0 Å². The van der Waals surface area contributed by atoms with Crippen LogP contribution in [0.5, 0.6) is 23.0 Å². The second-order valence-corrected chi connectivity index (χ2v) is 15.2. The van der Waals surface area contributed by atoms with E-state index in [2.05, 4.69) is 53.0 Å². The molecule has 0 radical (unpaired) electrons. The quantitative estimate of drug-likeness (QED) is 0.0451. The predicted molar refractivity (Wildman–Crippen MR) is 218 cm³/mol. The number of ether oxygens (including phenoxy) is 4. The van der Waals surface area contributed by atoms with Gasteiger partial charge in [-0.2, -0.15) is 4.57 Å². The van der Waals surface area contributed by atoms with Gasteiger partial charge in [0.05, 0.1) is 11.7 Å². The Labute approximate surface area is 387 Å². The number of alkyl halides is 4. The third-order valence-corrected chi connectivity index (χ3v) is 10.5. The molecular formula is C45H28F4IN4O7U+. The third kappa shape index (κ3) is 8.60. The number of hydrogen-bond donors (Lipinski definition) is 2. The summed E-state index contributed by atoms with van der Waals surface area (Å²) in [6.07, 6.45) is -1.02. The van der Waals surface area contributed by atoms with Gasteiger partial charge in [0.25, 0.3) is 0 Å². The summed E-state index contributed by atoms with van der Waals surface area (Å²) in [5.41, 5.74) is 3.42. The van der Waals surface area contributed by atoms with Crippen molar-refractivity contribution in [1.82, 2.24) is 10.1 Å². The molecule has 4 aromatic carbocycles. The Morgan fingerprint density at radius 3 is 2.23 bits per heavy atom. The maximum atomic E-state index is 13.9. The molecule has 5 heterocycles. The number of nitrogens with zero attached hydrogens (tertiary/aromatic N) is 4. The van der Waals surface area contributed by atoms with Crippen molar-refractivity contribution in [3.8, 4) is 51.3 Å². The van der Waals surface area contributed by atoms with E-state index in [0.717, 1.165) is 9.13 Å². The van der Waals surface area contributed by atoms with Crippen LogP contribution in [0.4, 0.5) is 17.6 Å². The monoisotopic (exact) mass is 1180 g/mol. The minimum absolute atomic E-state index is 0. The van der Waals surface area contributed by atoms with Crippen molar-refractivity contribution in [1.29, 1.82) is 0 Å². The van der Waals surface area contributed by atoms with Crippen molar-refractivity contribution in [3.63, 3.8) is 0 Å². The van der Waals surface area contributed by atoms with Crippen LogP contribution >= 0.6 is 22.6 Å². The Morgan fingerprint density at radius 2 is 1.50 bits per heavy atom. The fraction of sp³-hybridized carbons (Fsp3) is 0.111. The zero-order valence-corrected chi connectivity index (χ0v) is 38.2. The molecule has 3 aromatic heterocycles. The number of aryl methyl sites for hydroxylation is 1. The maximum absolute atomic E-state index is 13.9. The van der Waals surface area contributed by atoms with Gasteiger partial charge in [-0.25, -0.2) is 5.71 Å². The van der Waals surface area contributed by atoms with E-state index in [1.807, 2.05) is 25.1 Å². The smallest absolute Gasteiger partial charge is 0.854 e. The van der Waals surface area contributed by atoms with Gasteiger partial charge in [-0.3, -0.25) is 4.98 Å². The molecule has 2 aliphatic heterocycles. The number of hydrogen-bond acceptors (Lipinski definition) is 9. The summed E-state index contributed by atoms with van der Waals surface area (Å²) in [6.45, 7) is 1.87. The third-order valence-electron chi connectivity index (χ3n) is 9.87. The molecule has 62 heavy (non-hydrogen) atoms. The molecule has 17 heteroatoms. The zero-order chi connectivity index (χ0) is 42.6. The number of halogens is 5. The summed E-state index contributed by atoms with van der Waals surface area (Å²) in [5.74, 6) is -0.627. The summed E-state index contributed by atoms with van der Waals surface area (Å²) in [6, 6.07) is 27.2. The molecule has 2 aliphatic rings. The topological polar surface area (TPSA) is 142 Å². The van der Waals surface area contributed by atoms with Gasteiger partial charge < -0.3 is 39.1 Å². The van der Waals surface area contributed by atoms with E-state index in [4.69, 9.17) is 9.26 Å². The normalized spacial score (nSPS) is 15.5. The van der Waals surface area contributed by atoms with Gasteiger partial charge in [0.15, 0.2) is 46.8 Å². The second kappa shape index (κ2) is 16.9. The van der Waals surface area contributed by atoms with Crippen molar-refractivity contribution in [2.45, 2.75) is 31.7 Å². The van der Waals surface area contributed by atoms with Gasteiger partial charge in [-0.15, -0.1) is 40.8 Å². The van der Waals surface area contributed by atoms with Crippen molar-refractivity contribution in [3.05, 3.63) is 182 Å². The standard InChI is InChI=1S/C45H28F4IN4O7.U/c1-24-9-10-25(17-32(41(55)29-6-3-15-52-22-29)39(51)26-11-13-34-36(20-26)59-44(46,47)57-34)18-33(24)54-16-4-7-30(23-54)42(56)38-40(53-61-43(38)28-5-2-8-31(50)19-28)27-12-14-35-37(21-27)60-45(48,49)58-35;/h2-16,18-23,41-42,55-56H,1H3;/q-1;+2. The Bertz CT molecular complexity index is 2900. The number of aromatic nitrogens is 3. The van der Waals surface area contributed by atoms with Crippen LogP contribution in [-0.4, -0.2) is 38.7 Å². The molecule has 7 aromatic rings. The van der Waals surface area contributed by atoms with Crippen LogP contribution < -0.4 is 23.5 Å². The first-order valence-corrected chi connectivity index (χ1v) is 19.4. The first-order valence-electron chi connectivity index (χ1n) is 18.4. The predicted octanol–water partition coefficient (Wildman–Crippen LogP) is 9.19. The van der Waals surface area contributed by atoms with Gasteiger partial charge in [0.2, 0.25) is 0 Å². The minimum Gasteiger partial charge on any atom is -0.854 e. The van der Waals surface area contributed by atoms with Crippen molar-refractivity contribution >= 4 is 28.3 Å². The Hall–Kier alpha value is -5.58. The van der Waals surface area contributed by atoms with Crippen LogP contribution in [0.2, 0.25) is 0 Å². The number of fused-ring (bicyclic) bond motifs is 2. The molecule has 308 valence electrons. The van der Waals surface area contributed by atoms with Gasteiger partial charge in [0, 0.05) is 49.8 Å². The fourth-order valence-corrected chi connectivity index (χ4v) is 7.54. The number of rotatable bonds is 10. The molecule has 11 nitrogen and oxygen atoms in total. The Kier molecular flexibility index (Phi) is 11.8. The molecule has 0 bridgehead atoms. The molecule has 0 amide bonds. The van der Waals surface area contributed by atoms with E-state index in [0.29, 0.717) is 33.5 Å². The molecule has 0 saturated heterocycles. The Morgan fingerprint density at radius 1 is 0.790 bits per heavy atom. The minimum atomic E-state index is -3.88. The van der Waals surface area contributed by atoms with Crippen LogP contribution in [0.15, 0.2) is 138 Å². The maximum Gasteiger partial charge on any atom is 2.00 e. The van der Waals surface area contributed by atoms with E-state index < -0.39 is 30.5 Å². The first-order chi connectivity index (χ1) is 29.2. The SMILES string of the molecule is Cc1ccc([C-]=C(C(=[N-])c2ccc3c(c2)OC(F)(F)O3)C(O)c2cccnc2)cc1-[n+]1cccc(C(O)c2c(-c3ccc4c(c3)OC(F)(F)O4)noc2-c2cccc(I)c2)c1.[U+2].